The van der Waals surface area contributed by atoms with Crippen LogP contribution in [0, 0.1) is 16.7 Å². The quantitative estimate of drug-likeness (QED) is 0.322. The van der Waals surface area contributed by atoms with Gasteiger partial charge in [0, 0.05) is 6.54 Å². The number of para-hydroxylation sites is 2. The van der Waals surface area contributed by atoms with E-state index in [0.29, 0.717) is 24.2 Å². The highest BCUT2D eigenvalue weighted by atomic mass is 16.5. The van der Waals surface area contributed by atoms with Gasteiger partial charge in [-0.3, -0.25) is 15.6 Å². The number of ether oxygens (including phenoxy) is 1. The number of nitriles is 1. The predicted molar refractivity (Wildman–Crippen MR) is 104 cm³/mol. The van der Waals surface area contributed by atoms with Crippen LogP contribution >= 0.6 is 0 Å². The third-order valence-corrected chi connectivity index (χ3v) is 3.69. The normalized spacial score (nSPS) is 10.6. The lowest BCUT2D eigenvalue weighted by molar-refractivity contribution is 0.0955. The molecule has 0 spiro atoms. The summed E-state index contributed by atoms with van der Waals surface area (Å²) in [6.45, 7) is 0.424. The molecule has 0 heterocycles. The number of hydrazone groups is 1. The van der Waals surface area contributed by atoms with Crippen molar-refractivity contribution in [1.82, 2.24) is 5.32 Å². The van der Waals surface area contributed by atoms with Gasteiger partial charge in [-0.15, -0.1) is 0 Å². The van der Waals surface area contributed by atoms with Crippen molar-refractivity contribution in [3.63, 3.8) is 0 Å². The number of methoxy groups -OCH3 is 1. The number of carbonyl (C=O) groups excluding carboxylic acids is 1. The minimum atomic E-state index is -0.455. The summed E-state index contributed by atoms with van der Waals surface area (Å²) in [6, 6.07) is 16.1. The van der Waals surface area contributed by atoms with Gasteiger partial charge in [-0.2, -0.15) is 10.4 Å². The zero-order valence-corrected chi connectivity index (χ0v) is 14.8. The van der Waals surface area contributed by atoms with Crippen LogP contribution in [0.3, 0.4) is 0 Å². The van der Waals surface area contributed by atoms with Crippen molar-refractivity contribution in [2.24, 2.45) is 10.8 Å². The summed E-state index contributed by atoms with van der Waals surface area (Å²) in [7, 11) is 1.61. The number of amides is 1. The number of nitrogens with two attached hydrogens (primary N) is 1. The van der Waals surface area contributed by atoms with Gasteiger partial charge in [0.15, 0.2) is 5.84 Å². The summed E-state index contributed by atoms with van der Waals surface area (Å²) in [5.74, 6) is 0.0321. The molecule has 2 aromatic carbocycles. The smallest absolute Gasteiger partial charge is 0.253 e. The molecule has 8 heteroatoms. The summed E-state index contributed by atoms with van der Waals surface area (Å²) >= 11 is 0. The fraction of sp³-hybridized carbons (Fsp3) is 0.158. The zero-order valence-electron chi connectivity index (χ0n) is 14.8. The Hall–Kier alpha value is -3.86. The molecule has 138 valence electrons. The van der Waals surface area contributed by atoms with Crippen LogP contribution in [0.1, 0.15) is 15.9 Å². The Labute approximate surface area is 157 Å². The number of nitrogens with zero attached hydrogens (tertiary/aromatic N) is 2. The van der Waals surface area contributed by atoms with Gasteiger partial charge in [-0.1, -0.05) is 30.3 Å². The second-order valence-electron chi connectivity index (χ2n) is 5.46. The molecule has 1 amide bonds. The van der Waals surface area contributed by atoms with Crippen LogP contribution in [-0.4, -0.2) is 31.1 Å². The Morgan fingerprint density at radius 1 is 1.26 bits per heavy atom. The molecule has 0 bridgehead atoms. The van der Waals surface area contributed by atoms with E-state index in [4.69, 9.17) is 21.1 Å². The highest BCUT2D eigenvalue weighted by Gasteiger charge is 2.11. The van der Waals surface area contributed by atoms with Crippen LogP contribution in [0.15, 0.2) is 53.6 Å². The van der Waals surface area contributed by atoms with Gasteiger partial charge in [0.25, 0.3) is 5.91 Å². The fourth-order valence-electron chi connectivity index (χ4n) is 2.36. The summed E-state index contributed by atoms with van der Waals surface area (Å²) in [5.41, 5.74) is 9.37. The second kappa shape index (κ2) is 9.58. The van der Waals surface area contributed by atoms with Crippen LogP contribution in [0.25, 0.3) is 0 Å². The Kier molecular flexibility index (Phi) is 6.91. The van der Waals surface area contributed by atoms with Crippen molar-refractivity contribution in [2.75, 3.05) is 19.1 Å². The molecule has 2 rings (SSSR count). The third-order valence-electron chi connectivity index (χ3n) is 3.69. The highest BCUT2D eigenvalue weighted by Crippen LogP contribution is 2.18. The number of amidine groups is 1. The third kappa shape index (κ3) is 5.31. The fourth-order valence-corrected chi connectivity index (χ4v) is 2.36. The van der Waals surface area contributed by atoms with Crippen molar-refractivity contribution >= 4 is 23.1 Å². The SMILES string of the molecule is COc1ccccc1CCNC(=O)c1ccccc1N/N=C(\C#N)C(=N)N. The maximum Gasteiger partial charge on any atom is 0.253 e. The van der Waals surface area contributed by atoms with Crippen LogP contribution in [-0.2, 0) is 6.42 Å². The standard InChI is InChI=1S/C19H20N6O2/c1-27-17-9-5-2-6-13(17)10-11-23-19(26)14-7-3-4-8-15(14)24-25-16(12-20)18(21)22/h2-9,24H,10-11H2,1H3,(H3,21,22)(H,23,26)/b25-16+. The van der Waals surface area contributed by atoms with Crippen LogP contribution in [0.4, 0.5) is 5.69 Å². The molecule has 27 heavy (non-hydrogen) atoms. The Morgan fingerprint density at radius 2 is 1.96 bits per heavy atom. The number of carbonyl (C=O) groups is 1. The summed E-state index contributed by atoms with van der Waals surface area (Å²) < 4.78 is 5.30. The monoisotopic (exact) mass is 364 g/mol. The van der Waals surface area contributed by atoms with Crippen LogP contribution in [0.5, 0.6) is 5.75 Å². The lowest BCUT2D eigenvalue weighted by atomic mass is 10.1. The lowest BCUT2D eigenvalue weighted by Crippen LogP contribution is -2.26. The van der Waals surface area contributed by atoms with Gasteiger partial charge in [-0.05, 0) is 30.2 Å². The molecule has 0 aliphatic heterocycles. The molecule has 2 aromatic rings. The van der Waals surface area contributed by atoms with Gasteiger partial charge >= 0.3 is 0 Å². The Morgan fingerprint density at radius 3 is 2.67 bits per heavy atom. The molecular weight excluding hydrogens is 344 g/mol. The van der Waals surface area contributed by atoms with E-state index in [-0.39, 0.29) is 11.6 Å². The van der Waals surface area contributed by atoms with Crippen molar-refractivity contribution in [3.8, 4) is 11.8 Å². The zero-order chi connectivity index (χ0) is 19.6. The molecule has 0 fully saturated rings. The Balaban J connectivity index is 2.04. The van der Waals surface area contributed by atoms with Crippen molar-refractivity contribution in [3.05, 3.63) is 59.7 Å². The highest BCUT2D eigenvalue weighted by molar-refractivity contribution is 6.45. The maximum absolute atomic E-state index is 12.5. The predicted octanol–water partition coefficient (Wildman–Crippen LogP) is 1.90. The molecule has 0 aliphatic rings. The van der Waals surface area contributed by atoms with Gasteiger partial charge in [0.1, 0.15) is 11.8 Å². The van der Waals surface area contributed by atoms with E-state index < -0.39 is 5.84 Å². The number of anilines is 1. The average molecular weight is 364 g/mol. The van der Waals surface area contributed by atoms with Crippen molar-refractivity contribution < 1.29 is 9.53 Å². The van der Waals surface area contributed by atoms with Gasteiger partial charge in [0.2, 0.25) is 5.71 Å². The average Bonchev–Trinajstić information content (AvgIpc) is 2.68. The number of benzene rings is 2. The van der Waals surface area contributed by atoms with Gasteiger partial charge in [0.05, 0.1) is 18.4 Å². The first-order valence-corrected chi connectivity index (χ1v) is 8.14. The topological polar surface area (TPSA) is 136 Å². The summed E-state index contributed by atoms with van der Waals surface area (Å²) in [6.07, 6.45) is 0.617. The molecule has 0 saturated heterocycles. The van der Waals surface area contributed by atoms with E-state index in [1.165, 1.54) is 0 Å². The number of nitrogens with one attached hydrogen (secondary N) is 3. The molecule has 0 atom stereocenters. The van der Waals surface area contributed by atoms with E-state index in [1.807, 2.05) is 24.3 Å². The van der Waals surface area contributed by atoms with E-state index in [0.717, 1.165) is 11.3 Å². The molecule has 0 aromatic heterocycles. The summed E-state index contributed by atoms with van der Waals surface area (Å²) in [5, 5.41) is 22.8. The minimum absolute atomic E-state index is 0.263. The number of rotatable bonds is 8. The lowest BCUT2D eigenvalue weighted by Gasteiger charge is -2.11. The second-order valence-corrected chi connectivity index (χ2v) is 5.46. The molecule has 8 nitrogen and oxygen atoms in total. The largest absolute Gasteiger partial charge is 0.496 e. The van der Waals surface area contributed by atoms with E-state index in [1.54, 1.807) is 37.4 Å². The first-order valence-electron chi connectivity index (χ1n) is 8.14. The van der Waals surface area contributed by atoms with Gasteiger partial charge < -0.3 is 15.8 Å². The van der Waals surface area contributed by atoms with Crippen LogP contribution < -0.4 is 21.2 Å². The summed E-state index contributed by atoms with van der Waals surface area (Å²) in [4.78, 5) is 12.5. The number of hydrogen-bond acceptors (Lipinski definition) is 6. The van der Waals surface area contributed by atoms with Crippen LogP contribution in [0.2, 0.25) is 0 Å². The molecule has 5 N–H and O–H groups in total. The molecule has 0 radical (unpaired) electrons. The van der Waals surface area contributed by atoms with E-state index in [9.17, 15) is 4.79 Å². The first-order chi connectivity index (χ1) is 13.1. The Bertz CT molecular complexity index is 901. The molecular formula is C19H20N6O2. The van der Waals surface area contributed by atoms with E-state index >= 15 is 0 Å². The molecule has 0 unspecified atom stereocenters. The minimum Gasteiger partial charge on any atom is -0.496 e. The maximum atomic E-state index is 12.5. The van der Waals surface area contributed by atoms with Gasteiger partial charge in [-0.25, -0.2) is 0 Å². The van der Waals surface area contributed by atoms with E-state index in [2.05, 4.69) is 15.8 Å². The first kappa shape index (κ1) is 19.5. The molecule has 0 aliphatic carbocycles. The number of hydrogen-bond donors (Lipinski definition) is 4. The molecule has 0 saturated carbocycles. The van der Waals surface area contributed by atoms with Crippen molar-refractivity contribution in [1.29, 1.82) is 10.7 Å². The van der Waals surface area contributed by atoms with Crippen molar-refractivity contribution in [2.45, 2.75) is 6.42 Å².